The highest BCUT2D eigenvalue weighted by molar-refractivity contribution is 6.31. The number of hydrogen-bond donors (Lipinski definition) is 2. The highest BCUT2D eigenvalue weighted by Gasteiger charge is 2.08. The van der Waals surface area contributed by atoms with Crippen molar-refractivity contribution in [3.05, 3.63) is 28.8 Å². The molecule has 0 saturated carbocycles. The van der Waals surface area contributed by atoms with E-state index in [-0.39, 0.29) is 18.8 Å². The zero-order valence-electron chi connectivity index (χ0n) is 6.96. The Balaban J connectivity index is 2.99. The number of nitrogen functional groups attached to an aromatic ring is 1. The van der Waals surface area contributed by atoms with Gasteiger partial charge in [-0.15, -0.1) is 0 Å². The summed E-state index contributed by atoms with van der Waals surface area (Å²) in [5.74, 6) is -0.192. The molecule has 0 atom stereocenters. The predicted molar refractivity (Wildman–Crippen MR) is 51.9 cm³/mol. The lowest BCUT2D eigenvalue weighted by Gasteiger charge is -2.03. The third kappa shape index (κ3) is 2.44. The molecule has 13 heavy (non-hydrogen) atoms. The van der Waals surface area contributed by atoms with Crippen LogP contribution in [0.2, 0.25) is 5.02 Å². The lowest BCUT2D eigenvalue weighted by Crippen LogP contribution is -2.05. The average molecular weight is 200 g/mol. The lowest BCUT2D eigenvalue weighted by molar-refractivity contribution is 0.0957. The van der Waals surface area contributed by atoms with Crippen LogP contribution < -0.4 is 5.73 Å². The maximum Gasteiger partial charge on any atom is 0.167 e. The minimum absolute atomic E-state index is 0.0740. The summed E-state index contributed by atoms with van der Waals surface area (Å²) in [5, 5.41) is 9.03. The van der Waals surface area contributed by atoms with Gasteiger partial charge in [0.25, 0.3) is 0 Å². The number of benzene rings is 1. The fraction of sp³-hybridized carbons (Fsp3) is 0.222. The van der Waals surface area contributed by atoms with E-state index in [1.54, 1.807) is 12.1 Å². The molecule has 1 aromatic carbocycles. The second-order valence-electron chi connectivity index (χ2n) is 2.63. The third-order valence-corrected chi connectivity index (χ3v) is 1.89. The number of nitrogens with two attached hydrogens (primary N) is 1. The Hall–Kier alpha value is -1.06. The number of rotatable bonds is 3. The Morgan fingerprint density at radius 3 is 2.85 bits per heavy atom. The van der Waals surface area contributed by atoms with Crippen molar-refractivity contribution in [2.24, 2.45) is 0 Å². The Morgan fingerprint density at radius 1 is 1.54 bits per heavy atom. The summed E-state index contributed by atoms with van der Waals surface area (Å²) in [6, 6.07) is 4.70. The number of ketones is 1. The molecule has 1 rings (SSSR count). The van der Waals surface area contributed by atoms with Gasteiger partial charge in [-0.25, -0.2) is 0 Å². The van der Waals surface area contributed by atoms with E-state index in [9.17, 15) is 4.79 Å². The largest absolute Gasteiger partial charge is 0.398 e. The van der Waals surface area contributed by atoms with Gasteiger partial charge in [-0.2, -0.15) is 0 Å². The average Bonchev–Trinajstić information content (AvgIpc) is 2.09. The van der Waals surface area contributed by atoms with Crippen molar-refractivity contribution < 1.29 is 9.90 Å². The van der Waals surface area contributed by atoms with Gasteiger partial charge >= 0.3 is 0 Å². The standard InChI is InChI=1S/C9H10ClNO2/c10-6-1-2-8(11)7(5-6)9(13)3-4-12/h1-2,5,12H,3-4,11H2. The Labute approximate surface area is 81.1 Å². The van der Waals surface area contributed by atoms with Crippen LogP contribution in [-0.4, -0.2) is 17.5 Å². The number of anilines is 1. The monoisotopic (exact) mass is 199 g/mol. The molecule has 0 fully saturated rings. The van der Waals surface area contributed by atoms with Crippen LogP contribution in [0.25, 0.3) is 0 Å². The van der Waals surface area contributed by atoms with E-state index in [1.807, 2.05) is 0 Å². The van der Waals surface area contributed by atoms with Crippen LogP contribution in [-0.2, 0) is 0 Å². The molecule has 0 aliphatic carbocycles. The van der Waals surface area contributed by atoms with Crippen molar-refractivity contribution in [2.45, 2.75) is 6.42 Å². The molecule has 0 radical (unpaired) electrons. The fourth-order valence-electron chi connectivity index (χ4n) is 1.01. The van der Waals surface area contributed by atoms with Crippen molar-refractivity contribution in [2.75, 3.05) is 12.3 Å². The fourth-order valence-corrected chi connectivity index (χ4v) is 1.18. The van der Waals surface area contributed by atoms with E-state index in [2.05, 4.69) is 0 Å². The van der Waals surface area contributed by atoms with Gasteiger partial charge in [-0.05, 0) is 18.2 Å². The summed E-state index contributed by atoms with van der Waals surface area (Å²) in [7, 11) is 0. The summed E-state index contributed by atoms with van der Waals surface area (Å²) in [4.78, 5) is 11.3. The maximum absolute atomic E-state index is 11.3. The predicted octanol–water partition coefficient (Wildman–Crippen LogP) is 1.49. The molecular weight excluding hydrogens is 190 g/mol. The maximum atomic E-state index is 11.3. The highest BCUT2D eigenvalue weighted by atomic mass is 35.5. The highest BCUT2D eigenvalue weighted by Crippen LogP contribution is 2.19. The second-order valence-corrected chi connectivity index (χ2v) is 3.06. The van der Waals surface area contributed by atoms with Crippen LogP contribution in [0.4, 0.5) is 5.69 Å². The molecule has 0 bridgehead atoms. The van der Waals surface area contributed by atoms with E-state index in [4.69, 9.17) is 22.4 Å². The van der Waals surface area contributed by atoms with Gasteiger partial charge in [0.05, 0.1) is 6.61 Å². The third-order valence-electron chi connectivity index (χ3n) is 1.65. The molecule has 0 aromatic heterocycles. The molecule has 0 heterocycles. The zero-order valence-corrected chi connectivity index (χ0v) is 7.71. The Kier molecular flexibility index (Phi) is 3.28. The van der Waals surface area contributed by atoms with Gasteiger partial charge in [0.1, 0.15) is 0 Å². The number of aliphatic hydroxyl groups is 1. The van der Waals surface area contributed by atoms with Crippen molar-refractivity contribution in [3.63, 3.8) is 0 Å². The Bertz CT molecular complexity index is 325. The molecule has 0 saturated heterocycles. The number of Topliss-reactive ketones (excluding diaryl/α,β-unsaturated/α-hetero) is 1. The molecule has 70 valence electrons. The summed E-state index contributed by atoms with van der Waals surface area (Å²) in [6.45, 7) is -0.176. The van der Waals surface area contributed by atoms with Crippen LogP contribution in [0.5, 0.6) is 0 Å². The molecular formula is C9H10ClNO2. The van der Waals surface area contributed by atoms with Crippen molar-refractivity contribution in [3.8, 4) is 0 Å². The molecule has 0 amide bonds. The van der Waals surface area contributed by atoms with Crippen molar-refractivity contribution in [1.82, 2.24) is 0 Å². The topological polar surface area (TPSA) is 63.3 Å². The summed E-state index contributed by atoms with van der Waals surface area (Å²) in [6.07, 6.45) is 0.0740. The van der Waals surface area contributed by atoms with Crippen LogP contribution in [0.1, 0.15) is 16.8 Å². The minimum Gasteiger partial charge on any atom is -0.398 e. The van der Waals surface area contributed by atoms with Crippen molar-refractivity contribution in [1.29, 1.82) is 0 Å². The molecule has 3 nitrogen and oxygen atoms in total. The van der Waals surface area contributed by atoms with E-state index >= 15 is 0 Å². The van der Waals surface area contributed by atoms with Gasteiger partial charge < -0.3 is 10.8 Å². The van der Waals surface area contributed by atoms with Crippen LogP contribution >= 0.6 is 11.6 Å². The first-order valence-electron chi connectivity index (χ1n) is 3.84. The van der Waals surface area contributed by atoms with E-state index in [1.165, 1.54) is 6.07 Å². The Morgan fingerprint density at radius 2 is 2.23 bits per heavy atom. The number of aliphatic hydroxyl groups excluding tert-OH is 1. The summed E-state index contributed by atoms with van der Waals surface area (Å²) >= 11 is 5.69. The van der Waals surface area contributed by atoms with Crippen LogP contribution in [0.15, 0.2) is 18.2 Å². The smallest absolute Gasteiger partial charge is 0.167 e. The number of carbonyl (C=O) groups excluding carboxylic acids is 1. The van der Waals surface area contributed by atoms with E-state index in [0.29, 0.717) is 16.3 Å². The normalized spacial score (nSPS) is 10.0. The van der Waals surface area contributed by atoms with Gasteiger partial charge in [-0.3, -0.25) is 4.79 Å². The molecule has 0 unspecified atom stereocenters. The quantitative estimate of drug-likeness (QED) is 0.573. The van der Waals surface area contributed by atoms with Gasteiger partial charge in [0.2, 0.25) is 0 Å². The molecule has 4 heteroatoms. The first kappa shape index (κ1) is 10.0. The summed E-state index contributed by atoms with van der Waals surface area (Å²) in [5.41, 5.74) is 6.33. The minimum atomic E-state index is -0.192. The van der Waals surface area contributed by atoms with Crippen LogP contribution in [0.3, 0.4) is 0 Å². The van der Waals surface area contributed by atoms with E-state index < -0.39 is 0 Å². The number of halogens is 1. The van der Waals surface area contributed by atoms with E-state index in [0.717, 1.165) is 0 Å². The second kappa shape index (κ2) is 4.25. The number of hydrogen-bond acceptors (Lipinski definition) is 3. The van der Waals surface area contributed by atoms with Gasteiger partial charge in [0.15, 0.2) is 5.78 Å². The van der Waals surface area contributed by atoms with Crippen LogP contribution in [0, 0.1) is 0 Å². The molecule has 3 N–H and O–H groups in total. The lowest BCUT2D eigenvalue weighted by atomic mass is 10.1. The first-order chi connectivity index (χ1) is 6.15. The molecule has 1 aromatic rings. The molecule has 0 aliphatic heterocycles. The zero-order chi connectivity index (χ0) is 9.84. The number of carbonyl (C=O) groups is 1. The first-order valence-corrected chi connectivity index (χ1v) is 4.22. The van der Waals surface area contributed by atoms with Crippen molar-refractivity contribution >= 4 is 23.1 Å². The SMILES string of the molecule is Nc1ccc(Cl)cc1C(=O)CCO. The molecule has 0 aliphatic rings. The molecule has 0 spiro atoms. The van der Waals surface area contributed by atoms with Gasteiger partial charge in [0, 0.05) is 22.7 Å². The summed E-state index contributed by atoms with van der Waals surface area (Å²) < 4.78 is 0. The van der Waals surface area contributed by atoms with Gasteiger partial charge in [-0.1, -0.05) is 11.6 Å².